The number of rotatable bonds is 3. The Morgan fingerprint density at radius 1 is 1.64 bits per heavy atom. The van der Waals surface area contributed by atoms with E-state index in [1.165, 1.54) is 11.3 Å². The molecule has 0 spiro atoms. The molecule has 0 aromatic carbocycles. The molecule has 2 N–H and O–H groups in total. The van der Waals surface area contributed by atoms with Crippen molar-refractivity contribution in [2.75, 3.05) is 7.05 Å². The summed E-state index contributed by atoms with van der Waals surface area (Å²) in [7, 11) is 1.94. The first-order valence-electron chi connectivity index (χ1n) is 3.92. The van der Waals surface area contributed by atoms with Gasteiger partial charge in [0.15, 0.2) is 0 Å². The molecule has 0 aliphatic heterocycles. The summed E-state index contributed by atoms with van der Waals surface area (Å²) in [5, 5.41) is 10.1. The molecule has 0 saturated heterocycles. The first kappa shape index (κ1) is 8.27. The van der Waals surface area contributed by atoms with Gasteiger partial charge < -0.3 is 5.32 Å². The molecule has 3 heteroatoms. The van der Waals surface area contributed by atoms with E-state index in [9.17, 15) is 0 Å². The van der Waals surface area contributed by atoms with Crippen molar-refractivity contribution in [2.24, 2.45) is 0 Å². The van der Waals surface area contributed by atoms with E-state index in [0.29, 0.717) is 5.92 Å². The van der Waals surface area contributed by atoms with Gasteiger partial charge in [0.25, 0.3) is 0 Å². The normalized spacial score (nSPS) is 10.9. The van der Waals surface area contributed by atoms with Gasteiger partial charge in [-0.15, -0.1) is 0 Å². The van der Waals surface area contributed by atoms with Crippen LogP contribution in [0.1, 0.15) is 31.0 Å². The summed E-state index contributed by atoms with van der Waals surface area (Å²) in [5.74, 6) is 0.553. The zero-order valence-corrected chi connectivity index (χ0v) is 7.31. The number of hydrogen-bond donors (Lipinski definition) is 2. The standard InChI is InChI=1S/C8H15N3/c1-6(2)7-4-10-11-8(7)5-9-3/h4,6,9H,5H2,1-3H3,(H,10,11). The van der Waals surface area contributed by atoms with Gasteiger partial charge >= 0.3 is 0 Å². The Hall–Kier alpha value is -0.830. The Morgan fingerprint density at radius 3 is 2.91 bits per heavy atom. The predicted molar refractivity (Wildman–Crippen MR) is 45.4 cm³/mol. The Bertz CT molecular complexity index is 215. The fraction of sp³-hybridized carbons (Fsp3) is 0.625. The van der Waals surface area contributed by atoms with Crippen molar-refractivity contribution in [2.45, 2.75) is 26.3 Å². The molecule has 0 amide bonds. The topological polar surface area (TPSA) is 40.7 Å². The zero-order valence-electron chi connectivity index (χ0n) is 7.31. The van der Waals surface area contributed by atoms with E-state index in [-0.39, 0.29) is 0 Å². The average molecular weight is 153 g/mol. The van der Waals surface area contributed by atoms with Crippen LogP contribution in [0, 0.1) is 0 Å². The lowest BCUT2D eigenvalue weighted by molar-refractivity contribution is 0.755. The summed E-state index contributed by atoms with van der Waals surface area (Å²) >= 11 is 0. The summed E-state index contributed by atoms with van der Waals surface area (Å²) in [6, 6.07) is 0. The van der Waals surface area contributed by atoms with Gasteiger partial charge in [-0.1, -0.05) is 13.8 Å². The summed E-state index contributed by atoms with van der Waals surface area (Å²) in [6.45, 7) is 5.21. The molecule has 0 radical (unpaired) electrons. The van der Waals surface area contributed by atoms with E-state index in [1.54, 1.807) is 0 Å². The smallest absolute Gasteiger partial charge is 0.0525 e. The molecule has 0 bridgehead atoms. The molecule has 0 aliphatic carbocycles. The van der Waals surface area contributed by atoms with Gasteiger partial charge in [-0.05, 0) is 18.5 Å². The Balaban J connectivity index is 2.78. The molecule has 11 heavy (non-hydrogen) atoms. The minimum Gasteiger partial charge on any atom is -0.314 e. The van der Waals surface area contributed by atoms with E-state index in [1.807, 2.05) is 13.2 Å². The summed E-state index contributed by atoms with van der Waals surface area (Å²) in [4.78, 5) is 0. The first-order valence-corrected chi connectivity index (χ1v) is 3.92. The van der Waals surface area contributed by atoms with Gasteiger partial charge in [-0.2, -0.15) is 5.10 Å². The fourth-order valence-electron chi connectivity index (χ4n) is 1.14. The molecule has 1 aromatic heterocycles. The van der Waals surface area contributed by atoms with Crippen molar-refractivity contribution in [3.8, 4) is 0 Å². The van der Waals surface area contributed by atoms with Crippen LogP contribution in [0.15, 0.2) is 6.20 Å². The van der Waals surface area contributed by atoms with Crippen LogP contribution in [-0.4, -0.2) is 17.2 Å². The van der Waals surface area contributed by atoms with Crippen LogP contribution in [0.5, 0.6) is 0 Å². The highest BCUT2D eigenvalue weighted by molar-refractivity contribution is 5.19. The minimum atomic E-state index is 0.553. The van der Waals surface area contributed by atoms with Crippen LogP contribution in [0.3, 0.4) is 0 Å². The maximum Gasteiger partial charge on any atom is 0.0525 e. The Labute approximate surface area is 67.2 Å². The number of hydrogen-bond acceptors (Lipinski definition) is 2. The maximum atomic E-state index is 4.00. The van der Waals surface area contributed by atoms with Crippen molar-refractivity contribution in [1.82, 2.24) is 15.5 Å². The van der Waals surface area contributed by atoms with Gasteiger partial charge in [0.1, 0.15) is 0 Å². The third kappa shape index (κ3) is 1.80. The Kier molecular flexibility index (Phi) is 2.65. The van der Waals surface area contributed by atoms with E-state index in [4.69, 9.17) is 0 Å². The molecular weight excluding hydrogens is 138 g/mol. The van der Waals surface area contributed by atoms with Crippen molar-refractivity contribution < 1.29 is 0 Å². The van der Waals surface area contributed by atoms with Crippen LogP contribution in [-0.2, 0) is 6.54 Å². The molecule has 1 aromatic rings. The van der Waals surface area contributed by atoms with Gasteiger partial charge in [0.05, 0.1) is 11.9 Å². The molecular formula is C8H15N3. The quantitative estimate of drug-likeness (QED) is 0.686. The highest BCUT2D eigenvalue weighted by Gasteiger charge is 2.06. The largest absolute Gasteiger partial charge is 0.314 e. The van der Waals surface area contributed by atoms with Gasteiger partial charge in [0, 0.05) is 6.54 Å². The molecule has 3 nitrogen and oxygen atoms in total. The van der Waals surface area contributed by atoms with Crippen LogP contribution in [0.4, 0.5) is 0 Å². The first-order chi connectivity index (χ1) is 5.25. The second-order valence-electron chi connectivity index (χ2n) is 2.99. The van der Waals surface area contributed by atoms with Crippen molar-refractivity contribution in [1.29, 1.82) is 0 Å². The monoisotopic (exact) mass is 153 g/mol. The van der Waals surface area contributed by atoms with Crippen LogP contribution >= 0.6 is 0 Å². The summed E-state index contributed by atoms with van der Waals surface area (Å²) in [6.07, 6.45) is 1.90. The van der Waals surface area contributed by atoms with Gasteiger partial charge in [0.2, 0.25) is 0 Å². The van der Waals surface area contributed by atoms with Gasteiger partial charge in [-0.25, -0.2) is 0 Å². The number of nitrogens with one attached hydrogen (secondary N) is 2. The highest BCUT2D eigenvalue weighted by Crippen LogP contribution is 2.16. The summed E-state index contributed by atoms with van der Waals surface area (Å²) in [5.41, 5.74) is 2.50. The SMILES string of the molecule is CNCc1[nH]ncc1C(C)C. The molecule has 1 heterocycles. The minimum absolute atomic E-state index is 0.553. The molecule has 62 valence electrons. The van der Waals surface area contributed by atoms with Crippen molar-refractivity contribution in [3.05, 3.63) is 17.5 Å². The number of H-pyrrole nitrogens is 1. The molecule has 0 atom stereocenters. The number of nitrogens with zero attached hydrogens (tertiary/aromatic N) is 1. The molecule has 1 rings (SSSR count). The second-order valence-corrected chi connectivity index (χ2v) is 2.99. The lowest BCUT2D eigenvalue weighted by atomic mass is 10.0. The van der Waals surface area contributed by atoms with E-state index in [2.05, 4.69) is 29.4 Å². The average Bonchev–Trinajstić information content (AvgIpc) is 2.36. The molecule has 0 aliphatic rings. The fourth-order valence-corrected chi connectivity index (χ4v) is 1.14. The molecule has 0 unspecified atom stereocenters. The molecule has 0 fully saturated rings. The van der Waals surface area contributed by atoms with E-state index in [0.717, 1.165) is 6.54 Å². The lowest BCUT2D eigenvalue weighted by Crippen LogP contribution is -2.07. The third-order valence-electron chi connectivity index (χ3n) is 1.73. The lowest BCUT2D eigenvalue weighted by Gasteiger charge is -2.04. The Morgan fingerprint density at radius 2 is 2.36 bits per heavy atom. The number of aromatic nitrogens is 2. The second kappa shape index (κ2) is 3.53. The zero-order chi connectivity index (χ0) is 8.27. The third-order valence-corrected chi connectivity index (χ3v) is 1.73. The maximum absolute atomic E-state index is 4.00. The van der Waals surface area contributed by atoms with Crippen LogP contribution in [0.25, 0.3) is 0 Å². The number of aromatic amines is 1. The molecule has 0 saturated carbocycles. The van der Waals surface area contributed by atoms with Crippen LogP contribution in [0.2, 0.25) is 0 Å². The van der Waals surface area contributed by atoms with Crippen molar-refractivity contribution >= 4 is 0 Å². The van der Waals surface area contributed by atoms with E-state index >= 15 is 0 Å². The van der Waals surface area contributed by atoms with Gasteiger partial charge in [-0.3, -0.25) is 5.10 Å². The highest BCUT2D eigenvalue weighted by atomic mass is 15.1. The summed E-state index contributed by atoms with van der Waals surface area (Å²) < 4.78 is 0. The predicted octanol–water partition coefficient (Wildman–Crippen LogP) is 1.25. The van der Waals surface area contributed by atoms with E-state index < -0.39 is 0 Å². The van der Waals surface area contributed by atoms with Crippen LogP contribution < -0.4 is 5.32 Å². The van der Waals surface area contributed by atoms with Crippen molar-refractivity contribution in [3.63, 3.8) is 0 Å².